The molecule has 0 aromatic carbocycles. The number of rotatable bonds is 2. The van der Waals surface area contributed by atoms with Gasteiger partial charge in [0.25, 0.3) is 0 Å². The molecular weight excluding hydrogens is 285 g/mol. The molecule has 0 spiro atoms. The number of halogens is 3. The molecule has 3 nitrogen and oxygen atoms in total. The van der Waals surface area contributed by atoms with Crippen molar-refractivity contribution < 1.29 is 73.9 Å². The Balaban J connectivity index is 0.00000324. The van der Waals surface area contributed by atoms with Gasteiger partial charge in [-0.05, 0) is 33.1 Å². The minimum Gasteiger partial charge on any atom is -0.445 e. The SMILES string of the molecule is C=C(C1CCN(C(=O)OC(C)(C)C)C1)[B-](F)(F)F.[K+]. The van der Waals surface area contributed by atoms with E-state index in [-0.39, 0.29) is 64.5 Å². The topological polar surface area (TPSA) is 29.5 Å². The van der Waals surface area contributed by atoms with Gasteiger partial charge in [-0.25, -0.2) is 4.79 Å². The Hall–Kier alpha value is 0.501. The molecule has 0 saturated carbocycles. The van der Waals surface area contributed by atoms with Crippen molar-refractivity contribution in [3.63, 3.8) is 0 Å². The molecule has 1 aliphatic rings. The molecule has 1 atom stereocenters. The summed E-state index contributed by atoms with van der Waals surface area (Å²) in [6.45, 7) is 3.54. The van der Waals surface area contributed by atoms with E-state index in [1.165, 1.54) is 4.90 Å². The summed E-state index contributed by atoms with van der Waals surface area (Å²) in [5, 5.41) is 0. The van der Waals surface area contributed by atoms with Gasteiger partial charge in [-0.15, -0.1) is 12.1 Å². The van der Waals surface area contributed by atoms with Crippen molar-refractivity contribution in [3.05, 3.63) is 12.1 Å². The average molecular weight is 303 g/mol. The zero-order chi connectivity index (χ0) is 14.1. The third-order valence-electron chi connectivity index (χ3n) is 2.78. The molecule has 0 aromatic rings. The summed E-state index contributed by atoms with van der Waals surface area (Å²) in [6, 6.07) is 0. The summed E-state index contributed by atoms with van der Waals surface area (Å²) in [5.74, 6) is -0.697. The van der Waals surface area contributed by atoms with E-state index in [1.54, 1.807) is 20.8 Å². The number of hydrogen-bond donors (Lipinski definition) is 0. The number of ether oxygens (including phenoxy) is 1. The first-order valence-corrected chi connectivity index (χ1v) is 5.87. The number of carbonyl (C=O) groups excluding carboxylic acids is 1. The Morgan fingerprint density at radius 2 is 1.89 bits per heavy atom. The Morgan fingerprint density at radius 1 is 1.37 bits per heavy atom. The molecule has 1 rings (SSSR count). The molecule has 0 N–H and O–H groups in total. The molecule has 8 heteroatoms. The second-order valence-electron chi connectivity index (χ2n) is 5.56. The van der Waals surface area contributed by atoms with Crippen LogP contribution in [0.1, 0.15) is 27.2 Å². The van der Waals surface area contributed by atoms with Crippen LogP contribution in [0.25, 0.3) is 0 Å². The Bertz CT molecular complexity index is 355. The maximum absolute atomic E-state index is 12.5. The average Bonchev–Trinajstić information content (AvgIpc) is 2.60. The third-order valence-corrected chi connectivity index (χ3v) is 2.78. The van der Waals surface area contributed by atoms with Gasteiger partial charge in [0.2, 0.25) is 0 Å². The van der Waals surface area contributed by atoms with Gasteiger partial charge in [-0.1, -0.05) is 0 Å². The van der Waals surface area contributed by atoms with Gasteiger partial charge >= 0.3 is 64.5 Å². The van der Waals surface area contributed by atoms with E-state index in [0.717, 1.165) is 0 Å². The van der Waals surface area contributed by atoms with Gasteiger partial charge in [0.05, 0.1) is 0 Å². The fourth-order valence-electron chi connectivity index (χ4n) is 1.82. The first-order chi connectivity index (χ1) is 8.00. The minimum atomic E-state index is -5.03. The van der Waals surface area contributed by atoms with Gasteiger partial charge in [-0.3, -0.25) is 0 Å². The van der Waals surface area contributed by atoms with Crippen molar-refractivity contribution in [2.45, 2.75) is 32.8 Å². The van der Waals surface area contributed by atoms with Crippen LogP contribution in [0.2, 0.25) is 0 Å². The molecule has 1 unspecified atom stereocenters. The standard InChI is InChI=1S/C11H18BF3NO2.K/c1-8(12(13,14)15)9-5-6-16(7-9)10(17)18-11(2,3)4;/h9H,1,5-7H2,2-4H3;/q-1;+1. The number of likely N-dealkylation sites (tertiary alicyclic amines) is 1. The van der Waals surface area contributed by atoms with E-state index in [0.29, 0.717) is 6.42 Å². The molecule has 0 bridgehead atoms. The van der Waals surface area contributed by atoms with Gasteiger partial charge in [-0.2, -0.15) is 0 Å². The molecule has 1 aliphatic heterocycles. The van der Waals surface area contributed by atoms with Crippen molar-refractivity contribution in [2.24, 2.45) is 5.92 Å². The molecule has 0 aromatic heterocycles. The molecule has 0 radical (unpaired) electrons. The van der Waals surface area contributed by atoms with E-state index in [1.807, 2.05) is 0 Å². The van der Waals surface area contributed by atoms with Crippen molar-refractivity contribution in [3.8, 4) is 0 Å². The van der Waals surface area contributed by atoms with E-state index in [2.05, 4.69) is 6.58 Å². The monoisotopic (exact) mass is 303 g/mol. The van der Waals surface area contributed by atoms with Crippen molar-refractivity contribution in [1.29, 1.82) is 0 Å². The predicted molar refractivity (Wildman–Crippen MR) is 64.1 cm³/mol. The zero-order valence-electron chi connectivity index (χ0n) is 11.9. The van der Waals surface area contributed by atoms with E-state index >= 15 is 0 Å². The molecule has 0 aliphatic carbocycles. The van der Waals surface area contributed by atoms with Gasteiger partial charge < -0.3 is 22.6 Å². The number of nitrogens with zero attached hydrogens (tertiary/aromatic N) is 1. The smallest absolute Gasteiger partial charge is 0.445 e. The van der Waals surface area contributed by atoms with Crippen LogP contribution in [0.15, 0.2) is 12.1 Å². The van der Waals surface area contributed by atoms with Crippen LogP contribution < -0.4 is 51.4 Å². The van der Waals surface area contributed by atoms with Crippen LogP contribution >= 0.6 is 0 Å². The Kier molecular flexibility index (Phi) is 7.16. The van der Waals surface area contributed by atoms with Crippen molar-refractivity contribution in [2.75, 3.05) is 13.1 Å². The normalized spacial score (nSPS) is 19.9. The molecule has 19 heavy (non-hydrogen) atoms. The second kappa shape index (κ2) is 6.98. The summed E-state index contributed by atoms with van der Waals surface area (Å²) in [7, 11) is 0. The zero-order valence-corrected chi connectivity index (χ0v) is 15.0. The van der Waals surface area contributed by atoms with Gasteiger partial charge in [0, 0.05) is 13.1 Å². The molecule has 1 saturated heterocycles. The summed E-state index contributed by atoms with van der Waals surface area (Å²) in [4.78, 5) is 13.0. The quantitative estimate of drug-likeness (QED) is 0.682. The molecule has 1 heterocycles. The minimum absolute atomic E-state index is 0. The fourth-order valence-corrected chi connectivity index (χ4v) is 1.82. The van der Waals surface area contributed by atoms with Crippen molar-refractivity contribution in [1.82, 2.24) is 4.90 Å². The van der Waals surface area contributed by atoms with Crippen LogP contribution in [0, 0.1) is 5.92 Å². The number of amides is 1. The van der Waals surface area contributed by atoms with Crippen LogP contribution in [0.3, 0.4) is 0 Å². The summed E-state index contributed by atoms with van der Waals surface area (Å²) in [6.07, 6.45) is -0.272. The maximum atomic E-state index is 12.5. The number of carbonyl (C=O) groups is 1. The largest absolute Gasteiger partial charge is 1.00 e. The summed E-state index contributed by atoms with van der Waals surface area (Å²) >= 11 is 0. The van der Waals surface area contributed by atoms with E-state index in [9.17, 15) is 17.7 Å². The molecule has 104 valence electrons. The van der Waals surface area contributed by atoms with Gasteiger partial charge in [0.15, 0.2) is 0 Å². The van der Waals surface area contributed by atoms with E-state index < -0.39 is 30.1 Å². The predicted octanol–water partition coefficient (Wildman–Crippen LogP) is 0.190. The van der Waals surface area contributed by atoms with Crippen LogP contribution in [0.5, 0.6) is 0 Å². The molecule has 1 fully saturated rings. The fraction of sp³-hybridized carbons (Fsp3) is 0.727. The van der Waals surface area contributed by atoms with Gasteiger partial charge in [0.1, 0.15) is 5.60 Å². The Morgan fingerprint density at radius 3 is 2.32 bits per heavy atom. The summed E-state index contributed by atoms with van der Waals surface area (Å²) < 4.78 is 42.7. The first kappa shape index (κ1) is 19.5. The van der Waals surface area contributed by atoms with Crippen LogP contribution in [-0.2, 0) is 4.74 Å². The summed E-state index contributed by atoms with van der Waals surface area (Å²) in [5.41, 5.74) is -1.35. The Labute approximate surface area is 154 Å². The van der Waals surface area contributed by atoms with Crippen LogP contribution in [0.4, 0.5) is 17.7 Å². The maximum Gasteiger partial charge on any atom is 1.00 e. The van der Waals surface area contributed by atoms with E-state index in [4.69, 9.17) is 4.74 Å². The number of hydrogen-bond acceptors (Lipinski definition) is 2. The van der Waals surface area contributed by atoms with Crippen LogP contribution in [-0.4, -0.2) is 36.7 Å². The third kappa shape index (κ3) is 6.20. The van der Waals surface area contributed by atoms with Crippen molar-refractivity contribution >= 4 is 13.1 Å². The molecular formula is C11H18BF3KNO2. The molecule has 1 amide bonds. The first-order valence-electron chi connectivity index (χ1n) is 5.87. The second-order valence-corrected chi connectivity index (χ2v) is 5.56.